The third-order valence-corrected chi connectivity index (χ3v) is 6.74. The maximum Gasteiger partial charge on any atom is 0.416 e. The van der Waals surface area contributed by atoms with Gasteiger partial charge in [0.25, 0.3) is 0 Å². The second kappa shape index (κ2) is 15.6. The van der Waals surface area contributed by atoms with Crippen molar-refractivity contribution in [2.45, 2.75) is 37.5 Å². The van der Waals surface area contributed by atoms with Crippen molar-refractivity contribution in [3.05, 3.63) is 114 Å². The van der Waals surface area contributed by atoms with Gasteiger partial charge in [-0.25, -0.2) is 14.0 Å². The molecule has 3 aromatic rings. The Morgan fingerprint density at radius 3 is 2.05 bits per heavy atom. The van der Waals surface area contributed by atoms with E-state index in [9.17, 15) is 31.9 Å². The van der Waals surface area contributed by atoms with Gasteiger partial charge in [-0.2, -0.15) is 13.2 Å². The highest BCUT2D eigenvalue weighted by Crippen LogP contribution is 2.33. The number of carboxylic acid groups (broad SMARTS) is 2. The summed E-state index contributed by atoms with van der Waals surface area (Å²) in [7, 11) is 0. The third kappa shape index (κ3) is 11.0. The molecule has 228 valence electrons. The Hall–Kier alpha value is -4.51. The Balaban J connectivity index is 0.000000557. The van der Waals surface area contributed by atoms with Gasteiger partial charge in [-0.15, -0.1) is 0 Å². The van der Waals surface area contributed by atoms with Gasteiger partial charge in [-0.3, -0.25) is 4.79 Å². The highest BCUT2D eigenvalue weighted by molar-refractivity contribution is 5.96. The van der Waals surface area contributed by atoms with Gasteiger partial charge >= 0.3 is 18.1 Å². The molecule has 0 aliphatic carbocycles. The number of hydrogen-bond acceptors (Lipinski definition) is 5. The zero-order chi connectivity index (χ0) is 31.4. The Morgan fingerprint density at radius 2 is 1.49 bits per heavy atom. The molecule has 1 fully saturated rings. The zero-order valence-corrected chi connectivity index (χ0v) is 23.0. The van der Waals surface area contributed by atoms with E-state index in [0.29, 0.717) is 42.7 Å². The number of likely N-dealkylation sites (tertiary alicyclic amines) is 1. The van der Waals surface area contributed by atoms with E-state index in [4.69, 9.17) is 14.9 Å². The van der Waals surface area contributed by atoms with Crippen LogP contribution in [0.5, 0.6) is 5.75 Å². The second-order valence-electron chi connectivity index (χ2n) is 9.83. The van der Waals surface area contributed by atoms with Gasteiger partial charge in [0, 0.05) is 43.1 Å². The van der Waals surface area contributed by atoms with Crippen molar-refractivity contribution in [2.75, 3.05) is 19.6 Å². The number of halogens is 4. The van der Waals surface area contributed by atoms with Crippen LogP contribution in [0.3, 0.4) is 0 Å². The number of piperidine rings is 1. The van der Waals surface area contributed by atoms with Crippen molar-refractivity contribution < 1.29 is 46.9 Å². The highest BCUT2D eigenvalue weighted by Gasteiger charge is 2.33. The number of Topliss-reactive ketones (excluding diaryl/α,β-unsaturated/α-hetero) is 1. The van der Waals surface area contributed by atoms with Gasteiger partial charge in [-0.1, -0.05) is 30.3 Å². The second-order valence-corrected chi connectivity index (χ2v) is 9.83. The minimum absolute atomic E-state index is 0.00914. The molecule has 2 atom stereocenters. The Morgan fingerprint density at radius 1 is 0.884 bits per heavy atom. The lowest BCUT2D eigenvalue weighted by Gasteiger charge is -2.39. The Kier molecular flexibility index (Phi) is 12.0. The number of rotatable bonds is 10. The van der Waals surface area contributed by atoms with Crippen LogP contribution < -0.4 is 4.74 Å². The number of carbonyl (C=O) groups excluding carboxylic acids is 1. The molecule has 43 heavy (non-hydrogen) atoms. The van der Waals surface area contributed by atoms with Crippen LogP contribution in [-0.4, -0.2) is 58.6 Å². The van der Waals surface area contributed by atoms with Gasteiger partial charge in [0.1, 0.15) is 17.7 Å². The molecule has 11 heteroatoms. The van der Waals surface area contributed by atoms with Gasteiger partial charge < -0.3 is 19.8 Å². The summed E-state index contributed by atoms with van der Waals surface area (Å²) in [6, 6.07) is 20.4. The van der Waals surface area contributed by atoms with Gasteiger partial charge in [0.05, 0.1) is 5.56 Å². The van der Waals surface area contributed by atoms with E-state index in [1.807, 2.05) is 30.3 Å². The fourth-order valence-corrected chi connectivity index (χ4v) is 4.65. The summed E-state index contributed by atoms with van der Waals surface area (Å²) < 4.78 is 57.9. The summed E-state index contributed by atoms with van der Waals surface area (Å²) in [6.07, 6.45) is -1.66. The molecular weight excluding hydrogens is 570 g/mol. The number of nitrogens with zero attached hydrogens (tertiary/aromatic N) is 1. The molecule has 0 unspecified atom stereocenters. The molecule has 3 aromatic carbocycles. The summed E-state index contributed by atoms with van der Waals surface area (Å²) in [5.74, 6) is -2.43. The molecule has 7 nitrogen and oxygen atoms in total. The summed E-state index contributed by atoms with van der Waals surface area (Å²) in [5, 5.41) is 15.6. The largest absolute Gasteiger partial charge is 0.490 e. The number of benzene rings is 3. The fourth-order valence-electron chi connectivity index (χ4n) is 4.65. The van der Waals surface area contributed by atoms with E-state index in [1.54, 1.807) is 0 Å². The molecule has 0 saturated carbocycles. The van der Waals surface area contributed by atoms with E-state index in [1.165, 1.54) is 36.4 Å². The van der Waals surface area contributed by atoms with Crippen molar-refractivity contribution in [1.82, 2.24) is 4.90 Å². The minimum atomic E-state index is -4.38. The fraction of sp³-hybridized carbons (Fsp3) is 0.281. The van der Waals surface area contributed by atoms with Crippen molar-refractivity contribution >= 4 is 17.7 Å². The van der Waals surface area contributed by atoms with E-state index in [-0.39, 0.29) is 23.6 Å². The number of ketones is 1. The lowest BCUT2D eigenvalue weighted by atomic mass is 9.87. The number of carbonyl (C=O) groups is 3. The number of hydrogen-bond donors (Lipinski definition) is 2. The molecular formula is C32H31F4NO6. The average Bonchev–Trinajstić information content (AvgIpc) is 2.97. The normalized spacial score (nSPS) is 17.1. The first-order chi connectivity index (χ1) is 20.4. The quantitative estimate of drug-likeness (QED) is 0.156. The van der Waals surface area contributed by atoms with Crippen molar-refractivity contribution in [3.8, 4) is 5.75 Å². The van der Waals surface area contributed by atoms with Crippen LogP contribution in [0.2, 0.25) is 0 Å². The first kappa shape index (κ1) is 33.0. The topological polar surface area (TPSA) is 104 Å². The van der Waals surface area contributed by atoms with Gasteiger partial charge in [0.2, 0.25) is 0 Å². The molecule has 0 bridgehead atoms. The van der Waals surface area contributed by atoms with Crippen LogP contribution in [0.1, 0.15) is 46.7 Å². The first-order valence-corrected chi connectivity index (χ1v) is 13.5. The summed E-state index contributed by atoms with van der Waals surface area (Å²) in [5.41, 5.74) is 0.920. The van der Waals surface area contributed by atoms with Crippen LogP contribution in [0.15, 0.2) is 91.0 Å². The van der Waals surface area contributed by atoms with Crippen molar-refractivity contribution in [2.24, 2.45) is 0 Å². The monoisotopic (exact) mass is 601 g/mol. The van der Waals surface area contributed by atoms with E-state index in [0.717, 1.165) is 37.3 Å². The van der Waals surface area contributed by atoms with E-state index in [2.05, 4.69) is 4.90 Å². The average molecular weight is 602 g/mol. The molecule has 1 saturated heterocycles. The van der Waals surface area contributed by atoms with Gasteiger partial charge in [0.15, 0.2) is 5.78 Å². The molecule has 0 spiro atoms. The number of carboxylic acids is 2. The molecule has 0 radical (unpaired) electrons. The molecule has 1 aliphatic rings. The number of ether oxygens (including phenoxy) is 1. The standard InChI is InChI=1S/C28H27F4NO2.C4H4O4/c29-23-12-8-21(9-13-23)26(34)7-4-17-33-18-16-27(25(19-33)20-5-2-1-3-6-20)35-24-14-10-22(11-15-24)28(30,31)32;5-3(6)1-2-4(7)8/h1-3,5-6,8-15,25,27H,4,7,16-19H2;1-2H,(H,5,6)(H,7,8)/b;2-1-/t25-,27+;/m1./s1. The maximum absolute atomic E-state index is 13.1. The summed E-state index contributed by atoms with van der Waals surface area (Å²) in [4.78, 5) is 33.8. The van der Waals surface area contributed by atoms with Crippen molar-refractivity contribution in [3.63, 3.8) is 0 Å². The Labute approximate surface area is 246 Å². The van der Waals surface area contributed by atoms with E-state index >= 15 is 0 Å². The van der Waals surface area contributed by atoms with Crippen LogP contribution in [0.4, 0.5) is 17.6 Å². The van der Waals surface area contributed by atoms with Crippen LogP contribution >= 0.6 is 0 Å². The van der Waals surface area contributed by atoms with Crippen LogP contribution in [0, 0.1) is 5.82 Å². The molecule has 1 aliphatic heterocycles. The lowest BCUT2D eigenvalue weighted by molar-refractivity contribution is -0.137. The lowest BCUT2D eigenvalue weighted by Crippen LogP contribution is -2.44. The predicted molar refractivity (Wildman–Crippen MR) is 150 cm³/mol. The number of alkyl halides is 3. The highest BCUT2D eigenvalue weighted by atomic mass is 19.4. The maximum atomic E-state index is 13.1. The SMILES string of the molecule is O=C(CCCN1CC[C@H](Oc2ccc(C(F)(F)F)cc2)[C@@H](c2ccccc2)C1)c1ccc(F)cc1.O=C(O)/C=C\C(=O)O. The summed E-state index contributed by atoms with van der Waals surface area (Å²) in [6.45, 7) is 2.22. The van der Waals surface area contributed by atoms with Crippen LogP contribution in [0.25, 0.3) is 0 Å². The van der Waals surface area contributed by atoms with Gasteiger partial charge in [-0.05, 0) is 73.5 Å². The minimum Gasteiger partial charge on any atom is -0.490 e. The molecule has 2 N–H and O–H groups in total. The molecule has 4 rings (SSSR count). The first-order valence-electron chi connectivity index (χ1n) is 13.5. The smallest absolute Gasteiger partial charge is 0.416 e. The molecule has 0 aromatic heterocycles. The molecule has 0 amide bonds. The van der Waals surface area contributed by atoms with E-state index < -0.39 is 23.7 Å². The van der Waals surface area contributed by atoms with Crippen molar-refractivity contribution in [1.29, 1.82) is 0 Å². The van der Waals surface area contributed by atoms with Crippen LogP contribution in [-0.2, 0) is 15.8 Å². The summed E-state index contributed by atoms with van der Waals surface area (Å²) >= 11 is 0. The number of aliphatic carboxylic acids is 2. The predicted octanol–water partition coefficient (Wildman–Crippen LogP) is 6.46. The third-order valence-electron chi connectivity index (χ3n) is 6.74. The molecule has 1 heterocycles. The Bertz CT molecular complexity index is 1360. The zero-order valence-electron chi connectivity index (χ0n) is 23.0.